The number of rotatable bonds is 5. The summed E-state index contributed by atoms with van der Waals surface area (Å²) in [5.41, 5.74) is 3.26. The zero-order chi connectivity index (χ0) is 22.2. The van der Waals surface area contributed by atoms with Gasteiger partial charge in [-0.3, -0.25) is 0 Å². The van der Waals surface area contributed by atoms with Gasteiger partial charge in [0.05, 0.1) is 11.7 Å². The highest BCUT2D eigenvalue weighted by Gasteiger charge is 2.21. The van der Waals surface area contributed by atoms with Gasteiger partial charge in [-0.05, 0) is 41.0 Å². The standard InChI is InChI=1S/C25H16Cl2N2O3/c26-18-8-4-7-16(11-18)17-9-10-19-20(12-17)22-21(25(30)31)13-28-29(22)24(27)23(19)32-14-15-5-2-1-3-6-15/h1-13H,14H2,(H,30,31). The Balaban J connectivity index is 1.74. The number of halogens is 2. The Kier molecular flexibility index (Phi) is 5.21. The first-order chi connectivity index (χ1) is 15.5. The number of aromatic carboxylic acids is 1. The monoisotopic (exact) mass is 462 g/mol. The van der Waals surface area contributed by atoms with Crippen LogP contribution in [0.15, 0.2) is 79.0 Å². The molecule has 32 heavy (non-hydrogen) atoms. The molecule has 2 aromatic heterocycles. The van der Waals surface area contributed by atoms with Gasteiger partial charge in [-0.25, -0.2) is 9.31 Å². The predicted molar refractivity (Wildman–Crippen MR) is 126 cm³/mol. The average molecular weight is 463 g/mol. The molecule has 2 heterocycles. The van der Waals surface area contributed by atoms with Crippen LogP contribution in [-0.4, -0.2) is 20.7 Å². The van der Waals surface area contributed by atoms with Gasteiger partial charge in [-0.1, -0.05) is 71.7 Å². The minimum atomic E-state index is -1.08. The van der Waals surface area contributed by atoms with Crippen molar-refractivity contribution in [2.24, 2.45) is 0 Å². The van der Waals surface area contributed by atoms with Gasteiger partial charge < -0.3 is 9.84 Å². The Morgan fingerprint density at radius 1 is 0.938 bits per heavy atom. The summed E-state index contributed by atoms with van der Waals surface area (Å²) in [6, 6.07) is 22.9. The summed E-state index contributed by atoms with van der Waals surface area (Å²) >= 11 is 12.8. The van der Waals surface area contributed by atoms with E-state index in [0.29, 0.717) is 33.7 Å². The molecule has 5 aromatic rings. The molecule has 0 unspecified atom stereocenters. The summed E-state index contributed by atoms with van der Waals surface area (Å²) in [7, 11) is 0. The van der Waals surface area contributed by atoms with Gasteiger partial charge in [-0.2, -0.15) is 5.10 Å². The van der Waals surface area contributed by atoms with Crippen molar-refractivity contribution in [3.63, 3.8) is 0 Å². The molecule has 0 saturated heterocycles. The van der Waals surface area contributed by atoms with Crippen molar-refractivity contribution >= 4 is 45.5 Å². The van der Waals surface area contributed by atoms with Crippen LogP contribution in [0.2, 0.25) is 10.2 Å². The van der Waals surface area contributed by atoms with Gasteiger partial charge in [0, 0.05) is 15.8 Å². The van der Waals surface area contributed by atoms with Crippen molar-refractivity contribution in [3.05, 3.63) is 100 Å². The Labute approximate surface area is 193 Å². The quantitative estimate of drug-likeness (QED) is 0.293. The van der Waals surface area contributed by atoms with Crippen molar-refractivity contribution < 1.29 is 14.6 Å². The highest BCUT2D eigenvalue weighted by molar-refractivity contribution is 6.33. The number of pyridine rings is 1. The van der Waals surface area contributed by atoms with Gasteiger partial charge in [-0.15, -0.1) is 0 Å². The summed E-state index contributed by atoms with van der Waals surface area (Å²) in [5, 5.41) is 16.1. The Bertz CT molecular complexity index is 1480. The van der Waals surface area contributed by atoms with E-state index in [9.17, 15) is 9.90 Å². The molecule has 0 aliphatic carbocycles. The second-order valence-corrected chi connectivity index (χ2v) is 8.08. The van der Waals surface area contributed by atoms with E-state index in [-0.39, 0.29) is 10.7 Å². The van der Waals surface area contributed by atoms with Crippen molar-refractivity contribution in [1.29, 1.82) is 0 Å². The average Bonchev–Trinajstić information content (AvgIpc) is 3.26. The smallest absolute Gasteiger partial charge is 0.339 e. The summed E-state index contributed by atoms with van der Waals surface area (Å²) in [6.07, 6.45) is 1.30. The Morgan fingerprint density at radius 2 is 1.72 bits per heavy atom. The van der Waals surface area contributed by atoms with Gasteiger partial charge in [0.15, 0.2) is 10.9 Å². The maximum atomic E-state index is 11.9. The lowest BCUT2D eigenvalue weighted by molar-refractivity contribution is 0.0699. The maximum absolute atomic E-state index is 11.9. The molecular weight excluding hydrogens is 447 g/mol. The molecular formula is C25H16Cl2N2O3. The van der Waals surface area contributed by atoms with Crippen molar-refractivity contribution in [3.8, 4) is 16.9 Å². The topological polar surface area (TPSA) is 63.8 Å². The fourth-order valence-electron chi connectivity index (χ4n) is 3.77. The molecule has 158 valence electrons. The zero-order valence-corrected chi connectivity index (χ0v) is 18.1. The van der Waals surface area contributed by atoms with E-state index in [1.54, 1.807) is 6.07 Å². The number of benzene rings is 3. The molecule has 1 N–H and O–H groups in total. The molecule has 0 aliphatic heterocycles. The van der Waals surface area contributed by atoms with Crippen LogP contribution in [0.4, 0.5) is 0 Å². The summed E-state index contributed by atoms with van der Waals surface area (Å²) in [5.74, 6) is -0.640. The first kappa shape index (κ1) is 20.4. The lowest BCUT2D eigenvalue weighted by Crippen LogP contribution is -2.02. The van der Waals surface area contributed by atoms with Crippen LogP contribution in [0.3, 0.4) is 0 Å². The zero-order valence-electron chi connectivity index (χ0n) is 16.6. The third-order valence-corrected chi connectivity index (χ3v) is 5.84. The molecule has 7 heteroatoms. The minimum Gasteiger partial charge on any atom is -0.485 e. The highest BCUT2D eigenvalue weighted by atomic mass is 35.5. The molecule has 5 rings (SSSR count). The number of aromatic nitrogens is 2. The third-order valence-electron chi connectivity index (χ3n) is 5.28. The number of carbonyl (C=O) groups is 1. The van der Waals surface area contributed by atoms with Crippen LogP contribution < -0.4 is 4.74 Å². The molecule has 0 amide bonds. The van der Waals surface area contributed by atoms with E-state index < -0.39 is 5.97 Å². The number of carboxylic acids is 1. The number of nitrogens with zero attached hydrogens (tertiary/aromatic N) is 2. The second-order valence-electron chi connectivity index (χ2n) is 7.29. The number of carboxylic acid groups (broad SMARTS) is 1. The van der Waals surface area contributed by atoms with E-state index in [1.807, 2.05) is 66.7 Å². The van der Waals surface area contributed by atoms with E-state index in [0.717, 1.165) is 16.7 Å². The van der Waals surface area contributed by atoms with Gasteiger partial charge in [0.25, 0.3) is 0 Å². The lowest BCUT2D eigenvalue weighted by atomic mass is 10.00. The second kappa shape index (κ2) is 8.19. The van der Waals surface area contributed by atoms with Crippen LogP contribution in [0, 0.1) is 0 Å². The van der Waals surface area contributed by atoms with Gasteiger partial charge in [0.1, 0.15) is 12.2 Å². The first-order valence-corrected chi connectivity index (χ1v) is 10.6. The maximum Gasteiger partial charge on any atom is 0.339 e. The molecule has 0 radical (unpaired) electrons. The molecule has 0 spiro atoms. The van der Waals surface area contributed by atoms with Crippen molar-refractivity contribution in [2.75, 3.05) is 0 Å². The molecule has 0 aliphatic rings. The van der Waals surface area contributed by atoms with Crippen LogP contribution in [0.1, 0.15) is 15.9 Å². The number of hydrogen-bond donors (Lipinski definition) is 1. The molecule has 5 nitrogen and oxygen atoms in total. The molecule has 0 fully saturated rings. The van der Waals surface area contributed by atoms with E-state index in [1.165, 1.54) is 10.7 Å². The Morgan fingerprint density at radius 3 is 2.47 bits per heavy atom. The predicted octanol–water partition coefficient (Wildman–Crippen LogP) is 6.74. The van der Waals surface area contributed by atoms with E-state index in [2.05, 4.69) is 5.10 Å². The van der Waals surface area contributed by atoms with Crippen molar-refractivity contribution in [2.45, 2.75) is 6.61 Å². The van der Waals surface area contributed by atoms with Crippen LogP contribution >= 0.6 is 23.2 Å². The summed E-state index contributed by atoms with van der Waals surface area (Å²) < 4.78 is 7.53. The molecule has 0 bridgehead atoms. The SMILES string of the molecule is O=C(O)c1cnn2c(Cl)c(OCc3ccccc3)c3ccc(-c4cccc(Cl)c4)cc3c12. The third kappa shape index (κ3) is 3.55. The van der Waals surface area contributed by atoms with Crippen molar-refractivity contribution in [1.82, 2.24) is 9.61 Å². The van der Waals surface area contributed by atoms with Crippen LogP contribution in [-0.2, 0) is 6.61 Å². The lowest BCUT2D eigenvalue weighted by Gasteiger charge is -2.15. The number of ether oxygens (including phenoxy) is 1. The van der Waals surface area contributed by atoms with E-state index >= 15 is 0 Å². The number of hydrogen-bond acceptors (Lipinski definition) is 3. The fraction of sp³-hybridized carbons (Fsp3) is 0.0400. The molecule has 0 saturated carbocycles. The number of fused-ring (bicyclic) bond motifs is 3. The molecule has 3 aromatic carbocycles. The summed E-state index contributed by atoms with van der Waals surface area (Å²) in [4.78, 5) is 11.9. The normalized spacial score (nSPS) is 11.2. The van der Waals surface area contributed by atoms with Gasteiger partial charge in [0.2, 0.25) is 0 Å². The van der Waals surface area contributed by atoms with E-state index in [4.69, 9.17) is 27.9 Å². The van der Waals surface area contributed by atoms with Gasteiger partial charge >= 0.3 is 5.97 Å². The first-order valence-electron chi connectivity index (χ1n) is 9.82. The largest absolute Gasteiger partial charge is 0.485 e. The van der Waals surface area contributed by atoms with Crippen LogP contribution in [0.5, 0.6) is 5.75 Å². The molecule has 0 atom stereocenters. The summed E-state index contributed by atoms with van der Waals surface area (Å²) in [6.45, 7) is 0.310. The highest BCUT2D eigenvalue weighted by Crippen LogP contribution is 2.39. The Hall–Kier alpha value is -3.54. The minimum absolute atomic E-state index is 0.0646. The fourth-order valence-corrected chi connectivity index (χ4v) is 4.25. The van der Waals surface area contributed by atoms with Crippen LogP contribution in [0.25, 0.3) is 27.4 Å².